The van der Waals surface area contributed by atoms with Crippen molar-refractivity contribution in [3.63, 3.8) is 0 Å². The number of hydrogen-bond donors (Lipinski definition) is 1. The third-order valence-corrected chi connectivity index (χ3v) is 4.71. The second-order valence-corrected chi connectivity index (χ2v) is 6.81. The van der Waals surface area contributed by atoms with Crippen LogP contribution < -0.4 is 14.8 Å². The molecule has 146 valence electrons. The normalized spacial score (nSPS) is 17.0. The molecule has 1 aromatic heterocycles. The first-order chi connectivity index (χ1) is 13.0. The van der Waals surface area contributed by atoms with Gasteiger partial charge in [0.25, 0.3) is 0 Å². The summed E-state index contributed by atoms with van der Waals surface area (Å²) in [5.41, 5.74) is 0.648. The Balaban J connectivity index is 1.66. The Kier molecular flexibility index (Phi) is 6.18. The number of nitrogens with one attached hydrogen (secondary N) is 1. The van der Waals surface area contributed by atoms with Crippen LogP contribution in [0, 0.1) is 0 Å². The van der Waals surface area contributed by atoms with Crippen LogP contribution in [0.1, 0.15) is 19.2 Å². The molecule has 8 nitrogen and oxygen atoms in total. The number of carbonyl (C=O) groups is 1. The molecule has 2 aromatic rings. The predicted molar refractivity (Wildman–Crippen MR) is 100 cm³/mol. The average molecular weight is 395 g/mol. The van der Waals surface area contributed by atoms with Gasteiger partial charge in [-0.1, -0.05) is 16.8 Å². The summed E-state index contributed by atoms with van der Waals surface area (Å²) in [4.78, 5) is 18.6. The molecule has 0 radical (unpaired) electrons. The number of piperazine rings is 1. The Hall–Kier alpha value is -2.32. The van der Waals surface area contributed by atoms with E-state index < -0.39 is 0 Å². The summed E-state index contributed by atoms with van der Waals surface area (Å²) in [7, 11) is 3.05. The van der Waals surface area contributed by atoms with Crippen molar-refractivity contribution >= 4 is 17.5 Å². The molecule has 0 spiro atoms. The maximum atomic E-state index is 12.4. The fourth-order valence-corrected chi connectivity index (χ4v) is 3.34. The van der Waals surface area contributed by atoms with Crippen LogP contribution in [-0.4, -0.2) is 60.8 Å². The number of aryl methyl sites for hydroxylation is 1. The van der Waals surface area contributed by atoms with E-state index >= 15 is 0 Å². The van der Waals surface area contributed by atoms with Crippen molar-refractivity contribution in [1.29, 1.82) is 0 Å². The lowest BCUT2D eigenvalue weighted by molar-refractivity contribution is -0.132. The Morgan fingerprint density at radius 3 is 2.93 bits per heavy atom. The molecule has 2 heterocycles. The molecular weight excluding hydrogens is 372 g/mol. The molecule has 1 amide bonds. The highest BCUT2D eigenvalue weighted by Gasteiger charge is 2.21. The number of ether oxygens (including phenoxy) is 2. The second kappa shape index (κ2) is 8.58. The van der Waals surface area contributed by atoms with E-state index in [0.29, 0.717) is 52.7 Å². The van der Waals surface area contributed by atoms with E-state index in [1.54, 1.807) is 12.1 Å². The minimum absolute atomic E-state index is 0.0947. The quantitative estimate of drug-likeness (QED) is 0.802. The fraction of sp³-hybridized carbons (Fsp3) is 0.500. The number of nitrogens with zero attached hydrogens (tertiary/aromatic N) is 3. The van der Waals surface area contributed by atoms with E-state index in [9.17, 15) is 4.79 Å². The zero-order chi connectivity index (χ0) is 19.4. The second-order valence-electron chi connectivity index (χ2n) is 6.40. The maximum absolute atomic E-state index is 12.4. The lowest BCUT2D eigenvalue weighted by atomic mass is 10.2. The number of rotatable bonds is 6. The molecule has 9 heteroatoms. The average Bonchev–Trinajstić information content (AvgIpc) is 3.14. The van der Waals surface area contributed by atoms with Gasteiger partial charge in [0.15, 0.2) is 11.5 Å². The van der Waals surface area contributed by atoms with Gasteiger partial charge in [0.1, 0.15) is 0 Å². The van der Waals surface area contributed by atoms with Crippen molar-refractivity contribution in [3.8, 4) is 22.9 Å². The van der Waals surface area contributed by atoms with Gasteiger partial charge in [-0.15, -0.1) is 0 Å². The summed E-state index contributed by atoms with van der Waals surface area (Å²) in [6.45, 7) is 4.33. The van der Waals surface area contributed by atoms with E-state index in [1.807, 2.05) is 4.90 Å². The molecule has 1 N–H and O–H groups in total. The first-order valence-corrected chi connectivity index (χ1v) is 9.15. The predicted octanol–water partition coefficient (Wildman–Crippen LogP) is 2.16. The highest BCUT2D eigenvalue weighted by Crippen LogP contribution is 2.38. The fourth-order valence-electron chi connectivity index (χ4n) is 3.05. The van der Waals surface area contributed by atoms with Gasteiger partial charge >= 0.3 is 0 Å². The van der Waals surface area contributed by atoms with Crippen LogP contribution in [-0.2, 0) is 11.2 Å². The van der Waals surface area contributed by atoms with Gasteiger partial charge in [-0.2, -0.15) is 4.98 Å². The molecular formula is C18H23ClN4O4. The van der Waals surface area contributed by atoms with Crippen LogP contribution in [0.25, 0.3) is 11.4 Å². The lowest BCUT2D eigenvalue weighted by Crippen LogP contribution is -2.51. The van der Waals surface area contributed by atoms with Crippen molar-refractivity contribution in [2.24, 2.45) is 0 Å². The van der Waals surface area contributed by atoms with Crippen LogP contribution >= 0.6 is 11.6 Å². The van der Waals surface area contributed by atoms with E-state index in [1.165, 1.54) is 14.2 Å². The molecule has 1 aromatic carbocycles. The Labute approximate surface area is 162 Å². The van der Waals surface area contributed by atoms with Gasteiger partial charge in [-0.25, -0.2) is 0 Å². The van der Waals surface area contributed by atoms with Gasteiger partial charge in [-0.05, 0) is 19.1 Å². The number of aromatic nitrogens is 2. The number of methoxy groups -OCH3 is 2. The van der Waals surface area contributed by atoms with Crippen LogP contribution in [0.3, 0.4) is 0 Å². The highest BCUT2D eigenvalue weighted by molar-refractivity contribution is 6.32. The van der Waals surface area contributed by atoms with Gasteiger partial charge in [0.2, 0.25) is 17.6 Å². The molecule has 1 saturated heterocycles. The largest absolute Gasteiger partial charge is 0.493 e. The van der Waals surface area contributed by atoms with E-state index in [4.69, 9.17) is 25.6 Å². The summed E-state index contributed by atoms with van der Waals surface area (Å²) in [6, 6.07) is 3.73. The Bertz CT molecular complexity index is 811. The highest BCUT2D eigenvalue weighted by atomic mass is 35.5. The summed E-state index contributed by atoms with van der Waals surface area (Å²) in [6.07, 6.45) is 0.728. The number of amides is 1. The number of carbonyl (C=O) groups excluding carboxylic acids is 1. The molecule has 0 aliphatic carbocycles. The monoisotopic (exact) mass is 394 g/mol. The number of hydrogen-bond acceptors (Lipinski definition) is 7. The minimum Gasteiger partial charge on any atom is -0.493 e. The smallest absolute Gasteiger partial charge is 0.227 e. The molecule has 27 heavy (non-hydrogen) atoms. The third-order valence-electron chi connectivity index (χ3n) is 4.43. The van der Waals surface area contributed by atoms with E-state index in [0.717, 1.165) is 19.6 Å². The standard InChI is InChI=1S/C18H23ClN4O4/c1-11-10-23(7-6-20-11)16(24)5-4-15-21-18(22-27-15)12-8-13(19)17(26-3)14(9-12)25-2/h8-9,11,20H,4-7,10H2,1-3H3/t11-/m0/s1. The summed E-state index contributed by atoms with van der Waals surface area (Å²) in [5, 5.41) is 7.69. The minimum atomic E-state index is 0.0947. The number of benzene rings is 1. The van der Waals surface area contributed by atoms with Gasteiger partial charge in [-0.3, -0.25) is 4.79 Å². The SMILES string of the molecule is COc1cc(-c2noc(CCC(=O)N3CCN[C@@H](C)C3)n2)cc(Cl)c1OC. The first-order valence-electron chi connectivity index (χ1n) is 8.77. The van der Waals surface area contributed by atoms with Crippen molar-refractivity contribution < 1.29 is 18.8 Å². The molecule has 3 rings (SSSR count). The molecule has 1 fully saturated rings. The van der Waals surface area contributed by atoms with Gasteiger partial charge in [0.05, 0.1) is 19.2 Å². The molecule has 0 saturated carbocycles. The van der Waals surface area contributed by atoms with Crippen molar-refractivity contribution in [2.45, 2.75) is 25.8 Å². The first kappa shape index (κ1) is 19.4. The van der Waals surface area contributed by atoms with E-state index in [-0.39, 0.29) is 5.91 Å². The van der Waals surface area contributed by atoms with Crippen LogP contribution in [0.15, 0.2) is 16.7 Å². The maximum Gasteiger partial charge on any atom is 0.227 e. The van der Waals surface area contributed by atoms with Crippen LogP contribution in [0.5, 0.6) is 11.5 Å². The molecule has 1 aliphatic heterocycles. The molecule has 1 aliphatic rings. The zero-order valence-corrected chi connectivity index (χ0v) is 16.4. The third kappa shape index (κ3) is 4.51. The van der Waals surface area contributed by atoms with Crippen molar-refractivity contribution in [1.82, 2.24) is 20.4 Å². The summed E-state index contributed by atoms with van der Waals surface area (Å²) < 4.78 is 15.8. The van der Waals surface area contributed by atoms with Gasteiger partial charge < -0.3 is 24.2 Å². The molecule has 0 unspecified atom stereocenters. The molecule has 0 bridgehead atoms. The Morgan fingerprint density at radius 1 is 1.41 bits per heavy atom. The number of halogens is 1. The lowest BCUT2D eigenvalue weighted by Gasteiger charge is -2.31. The zero-order valence-electron chi connectivity index (χ0n) is 15.6. The van der Waals surface area contributed by atoms with Crippen LogP contribution in [0.4, 0.5) is 0 Å². The van der Waals surface area contributed by atoms with Gasteiger partial charge in [0, 0.05) is 44.1 Å². The van der Waals surface area contributed by atoms with Crippen molar-refractivity contribution in [3.05, 3.63) is 23.0 Å². The van der Waals surface area contributed by atoms with Crippen molar-refractivity contribution in [2.75, 3.05) is 33.9 Å². The summed E-state index contributed by atoms with van der Waals surface area (Å²) >= 11 is 6.22. The Morgan fingerprint density at radius 2 is 2.22 bits per heavy atom. The van der Waals surface area contributed by atoms with Crippen LogP contribution in [0.2, 0.25) is 5.02 Å². The molecule has 1 atom stereocenters. The topological polar surface area (TPSA) is 89.7 Å². The van der Waals surface area contributed by atoms with E-state index in [2.05, 4.69) is 22.4 Å². The summed E-state index contributed by atoms with van der Waals surface area (Å²) in [5.74, 6) is 1.82.